The summed E-state index contributed by atoms with van der Waals surface area (Å²) in [6.07, 6.45) is -0.860. The number of anilines is 1. The molecule has 0 fully saturated rings. The fraction of sp³-hybridized carbons (Fsp3) is 0.263. The van der Waals surface area contributed by atoms with Gasteiger partial charge in [-0.3, -0.25) is 9.13 Å². The van der Waals surface area contributed by atoms with E-state index in [1.807, 2.05) is 30.3 Å². The number of aliphatic hydroxyl groups is 1. The maximum Gasteiger partial charge on any atom is 0.328 e. The number of fused-ring (bicyclic) bond motifs is 1. The molecule has 2 aromatic carbocycles. The Balaban J connectivity index is 1.47. The molecule has 0 saturated carbocycles. The number of nitrogens with zero attached hydrogens (tertiary/aromatic N) is 6. The van der Waals surface area contributed by atoms with Gasteiger partial charge in [-0.25, -0.2) is 4.79 Å². The van der Waals surface area contributed by atoms with Crippen molar-refractivity contribution in [2.75, 3.05) is 17.8 Å². The number of rotatable bonds is 7. The number of hydrogen-bond donors (Lipinski definition) is 3. The molecule has 30 heavy (non-hydrogen) atoms. The topological polar surface area (TPSA) is 138 Å². The molecule has 4 rings (SSSR count). The highest BCUT2D eigenvalue weighted by atomic mass is 16.5. The molecule has 4 N–H and O–H groups in total. The predicted molar refractivity (Wildman–Crippen MR) is 110 cm³/mol. The minimum atomic E-state index is -0.860. The second-order valence-corrected chi connectivity index (χ2v) is 6.87. The van der Waals surface area contributed by atoms with Crippen molar-refractivity contribution < 1.29 is 9.84 Å². The number of para-hydroxylation sites is 1. The third-order valence-electron chi connectivity index (χ3n) is 4.96. The summed E-state index contributed by atoms with van der Waals surface area (Å²) in [5, 5.41) is 21.4. The lowest BCUT2D eigenvalue weighted by Gasteiger charge is -2.16. The van der Waals surface area contributed by atoms with Crippen molar-refractivity contribution in [1.29, 1.82) is 0 Å². The largest absolute Gasteiger partial charge is 0.490 e. The highest BCUT2D eigenvalue weighted by Gasteiger charge is 2.14. The van der Waals surface area contributed by atoms with E-state index in [2.05, 4.69) is 21.0 Å². The summed E-state index contributed by atoms with van der Waals surface area (Å²) in [6, 6.07) is 12.9. The van der Waals surface area contributed by atoms with Gasteiger partial charge in [0.1, 0.15) is 18.5 Å². The van der Waals surface area contributed by atoms with E-state index in [0.717, 1.165) is 16.6 Å². The van der Waals surface area contributed by atoms with E-state index >= 15 is 0 Å². The summed E-state index contributed by atoms with van der Waals surface area (Å²) >= 11 is 0. The lowest BCUT2D eigenvalue weighted by atomic mass is 10.1. The van der Waals surface area contributed by atoms with Gasteiger partial charge in [0.25, 0.3) is 5.95 Å². The normalized spacial score (nSPS) is 12.2. The third-order valence-corrected chi connectivity index (χ3v) is 4.96. The van der Waals surface area contributed by atoms with E-state index in [0.29, 0.717) is 17.9 Å². The van der Waals surface area contributed by atoms with E-state index in [1.54, 1.807) is 35.4 Å². The Hall–Kier alpha value is -3.86. The van der Waals surface area contributed by atoms with E-state index in [-0.39, 0.29) is 18.2 Å². The standard InChI is InChI=1S/C19H22N8O3/c1-25-14-8-7-12(9-15(14)26(2)19(25)29)16(28)11-30-17-6-4-3-5-13(17)10-21-27-18(20)22-23-24-27/h3-9,16,21,28H,10-11H2,1-2H3,(H2,20,22,24). The molecule has 2 aromatic heterocycles. The Bertz CT molecular complexity index is 1240. The second kappa shape index (κ2) is 7.87. The maximum absolute atomic E-state index is 12.1. The van der Waals surface area contributed by atoms with Crippen molar-refractivity contribution in [2.45, 2.75) is 12.6 Å². The van der Waals surface area contributed by atoms with Crippen molar-refractivity contribution >= 4 is 17.0 Å². The Morgan fingerprint density at radius 2 is 1.93 bits per heavy atom. The molecule has 1 atom stereocenters. The molecule has 0 aliphatic carbocycles. The van der Waals surface area contributed by atoms with Crippen LogP contribution in [0.1, 0.15) is 17.2 Å². The fourth-order valence-electron chi connectivity index (χ4n) is 3.25. The minimum Gasteiger partial charge on any atom is -0.490 e. The van der Waals surface area contributed by atoms with Crippen LogP contribution in [0, 0.1) is 0 Å². The molecule has 0 radical (unpaired) electrons. The number of nitrogen functional groups attached to an aromatic ring is 1. The number of ether oxygens (including phenoxy) is 1. The van der Waals surface area contributed by atoms with Gasteiger partial charge in [-0.15, -0.1) is 4.79 Å². The molecule has 0 aliphatic heterocycles. The van der Waals surface area contributed by atoms with Crippen LogP contribution in [0.25, 0.3) is 11.0 Å². The molecule has 2 heterocycles. The summed E-state index contributed by atoms with van der Waals surface area (Å²) in [4.78, 5) is 13.4. The summed E-state index contributed by atoms with van der Waals surface area (Å²) in [7, 11) is 3.43. The van der Waals surface area contributed by atoms with Gasteiger partial charge < -0.3 is 21.0 Å². The number of nitrogens with one attached hydrogen (secondary N) is 1. The summed E-state index contributed by atoms with van der Waals surface area (Å²) in [5.41, 5.74) is 11.6. The average Bonchev–Trinajstić information content (AvgIpc) is 3.27. The number of imidazole rings is 1. The van der Waals surface area contributed by atoms with Crippen LogP contribution in [-0.4, -0.2) is 41.2 Å². The SMILES string of the molecule is Cn1c(=O)n(C)c2cc(C(O)COc3ccccc3CNn3nnnc3N)ccc21. The molecule has 0 saturated heterocycles. The highest BCUT2D eigenvalue weighted by Crippen LogP contribution is 2.23. The van der Waals surface area contributed by atoms with Gasteiger partial charge in [0.05, 0.1) is 17.6 Å². The van der Waals surface area contributed by atoms with Crippen LogP contribution in [0.5, 0.6) is 5.75 Å². The van der Waals surface area contributed by atoms with Gasteiger partial charge in [-0.05, 0) is 34.2 Å². The van der Waals surface area contributed by atoms with E-state index in [1.165, 1.54) is 4.79 Å². The van der Waals surface area contributed by atoms with E-state index in [4.69, 9.17) is 10.5 Å². The summed E-state index contributed by atoms with van der Waals surface area (Å²) in [6.45, 7) is 0.427. The first-order valence-corrected chi connectivity index (χ1v) is 9.27. The first-order chi connectivity index (χ1) is 14.5. The van der Waals surface area contributed by atoms with Crippen molar-refractivity contribution in [3.63, 3.8) is 0 Å². The van der Waals surface area contributed by atoms with Crippen LogP contribution in [0.3, 0.4) is 0 Å². The lowest BCUT2D eigenvalue weighted by Crippen LogP contribution is -2.19. The molecule has 0 spiro atoms. The number of benzene rings is 2. The van der Waals surface area contributed by atoms with Crippen LogP contribution in [0.2, 0.25) is 0 Å². The zero-order chi connectivity index (χ0) is 21.3. The maximum atomic E-state index is 12.1. The molecule has 11 nitrogen and oxygen atoms in total. The van der Waals surface area contributed by atoms with Crippen molar-refractivity contribution in [2.24, 2.45) is 14.1 Å². The fourth-order valence-corrected chi connectivity index (χ4v) is 3.25. The van der Waals surface area contributed by atoms with Gasteiger partial charge in [-0.1, -0.05) is 29.4 Å². The van der Waals surface area contributed by atoms with Crippen molar-refractivity contribution in [3.8, 4) is 5.75 Å². The number of nitrogens with two attached hydrogens (primary N) is 1. The van der Waals surface area contributed by atoms with Gasteiger partial charge in [0.15, 0.2) is 0 Å². The highest BCUT2D eigenvalue weighted by molar-refractivity contribution is 5.77. The zero-order valence-corrected chi connectivity index (χ0v) is 16.6. The van der Waals surface area contributed by atoms with Crippen LogP contribution < -0.4 is 21.6 Å². The molecule has 11 heteroatoms. The molecule has 0 bridgehead atoms. The van der Waals surface area contributed by atoms with Crippen LogP contribution >= 0.6 is 0 Å². The number of hydrogen-bond acceptors (Lipinski definition) is 8. The Labute approximate surface area is 171 Å². The van der Waals surface area contributed by atoms with Crippen molar-refractivity contribution in [1.82, 2.24) is 29.5 Å². The minimum absolute atomic E-state index is 0.0519. The van der Waals surface area contributed by atoms with Gasteiger partial charge >= 0.3 is 5.69 Å². The van der Waals surface area contributed by atoms with Crippen LogP contribution in [-0.2, 0) is 20.6 Å². The summed E-state index contributed by atoms with van der Waals surface area (Å²) < 4.78 is 8.99. The number of aryl methyl sites for hydroxylation is 2. The van der Waals surface area contributed by atoms with Gasteiger partial charge in [0, 0.05) is 19.7 Å². The van der Waals surface area contributed by atoms with Crippen LogP contribution in [0.4, 0.5) is 5.95 Å². The molecular formula is C19H22N8O3. The third kappa shape index (κ3) is 3.57. The summed E-state index contributed by atoms with van der Waals surface area (Å²) in [5.74, 6) is 0.762. The van der Waals surface area contributed by atoms with Gasteiger partial charge in [0.2, 0.25) is 0 Å². The lowest BCUT2D eigenvalue weighted by molar-refractivity contribution is 0.108. The zero-order valence-electron chi connectivity index (χ0n) is 16.6. The number of aliphatic hydroxyl groups excluding tert-OH is 1. The van der Waals surface area contributed by atoms with E-state index < -0.39 is 6.10 Å². The van der Waals surface area contributed by atoms with Crippen LogP contribution in [0.15, 0.2) is 47.3 Å². The van der Waals surface area contributed by atoms with Gasteiger partial charge in [-0.2, -0.15) is 0 Å². The van der Waals surface area contributed by atoms with E-state index in [9.17, 15) is 9.90 Å². The first-order valence-electron chi connectivity index (χ1n) is 9.27. The Morgan fingerprint density at radius 1 is 1.17 bits per heavy atom. The van der Waals surface area contributed by atoms with Crippen molar-refractivity contribution in [3.05, 3.63) is 64.1 Å². The molecule has 4 aromatic rings. The smallest absolute Gasteiger partial charge is 0.328 e. The average molecular weight is 410 g/mol. The monoisotopic (exact) mass is 410 g/mol. The number of tetrazole rings is 1. The molecule has 0 aliphatic rings. The molecule has 0 amide bonds. The first kappa shape index (κ1) is 19.5. The predicted octanol–water partition coefficient (Wildman–Crippen LogP) is 0.302. The molecule has 156 valence electrons. The molecular weight excluding hydrogens is 388 g/mol. The molecule has 1 unspecified atom stereocenters. The second-order valence-electron chi connectivity index (χ2n) is 6.87. The number of aromatic nitrogens is 6. The Morgan fingerprint density at radius 3 is 2.70 bits per heavy atom. The Kier molecular flexibility index (Phi) is 5.11. The quantitative estimate of drug-likeness (QED) is 0.396.